The highest BCUT2D eigenvalue weighted by atomic mass is 127. The zero-order valence-corrected chi connectivity index (χ0v) is 15.7. The third-order valence-corrected chi connectivity index (χ3v) is 5.41. The van der Waals surface area contributed by atoms with Crippen molar-refractivity contribution in [2.24, 2.45) is 17.8 Å². The number of rotatable bonds is 6. The van der Waals surface area contributed by atoms with Gasteiger partial charge in [0.2, 0.25) is 0 Å². The van der Waals surface area contributed by atoms with Gasteiger partial charge in [-0.15, -0.1) is 0 Å². The molecule has 0 saturated heterocycles. The van der Waals surface area contributed by atoms with Gasteiger partial charge in [0.15, 0.2) is 0 Å². The topological polar surface area (TPSA) is 12.0 Å². The van der Waals surface area contributed by atoms with Crippen LogP contribution in [0.15, 0.2) is 24.3 Å². The third-order valence-electron chi connectivity index (χ3n) is 4.69. The average molecular weight is 399 g/mol. The molecule has 2 atom stereocenters. The SMILES string of the molecule is CC(C)CNCC1CCCCCC1Cc1ccc(I)cc1. The van der Waals surface area contributed by atoms with Crippen LogP contribution in [0, 0.1) is 21.3 Å². The molecule has 0 aliphatic heterocycles. The molecule has 0 radical (unpaired) electrons. The molecule has 0 amide bonds. The smallest absolute Gasteiger partial charge is 0.0130 e. The van der Waals surface area contributed by atoms with Gasteiger partial charge in [-0.1, -0.05) is 45.2 Å². The molecule has 1 aliphatic rings. The molecule has 1 aliphatic carbocycles. The highest BCUT2D eigenvalue weighted by Crippen LogP contribution is 2.31. The van der Waals surface area contributed by atoms with Crippen molar-refractivity contribution in [3.8, 4) is 0 Å². The molecule has 2 unspecified atom stereocenters. The number of nitrogens with one attached hydrogen (secondary N) is 1. The van der Waals surface area contributed by atoms with Crippen molar-refractivity contribution in [1.29, 1.82) is 0 Å². The second-order valence-corrected chi connectivity index (χ2v) is 8.29. The summed E-state index contributed by atoms with van der Waals surface area (Å²) in [7, 11) is 0. The van der Waals surface area contributed by atoms with E-state index in [1.54, 1.807) is 0 Å². The Bertz CT molecular complexity index is 399. The second kappa shape index (κ2) is 9.14. The van der Waals surface area contributed by atoms with E-state index in [1.165, 1.54) is 54.2 Å². The maximum atomic E-state index is 3.71. The molecular formula is C19H30IN. The lowest BCUT2D eigenvalue weighted by Gasteiger charge is -2.26. The molecule has 1 nitrogen and oxygen atoms in total. The van der Waals surface area contributed by atoms with Gasteiger partial charge in [0.05, 0.1) is 0 Å². The van der Waals surface area contributed by atoms with E-state index >= 15 is 0 Å². The van der Waals surface area contributed by atoms with E-state index in [-0.39, 0.29) is 0 Å². The van der Waals surface area contributed by atoms with Crippen LogP contribution < -0.4 is 5.32 Å². The zero-order chi connectivity index (χ0) is 15.1. The van der Waals surface area contributed by atoms with Crippen molar-refractivity contribution >= 4 is 22.6 Å². The van der Waals surface area contributed by atoms with Gasteiger partial charge in [-0.25, -0.2) is 0 Å². The van der Waals surface area contributed by atoms with Crippen LogP contribution in [0.4, 0.5) is 0 Å². The zero-order valence-electron chi connectivity index (χ0n) is 13.6. The van der Waals surface area contributed by atoms with Crippen molar-refractivity contribution in [3.63, 3.8) is 0 Å². The summed E-state index contributed by atoms with van der Waals surface area (Å²) in [6.45, 7) is 6.96. The Morgan fingerprint density at radius 2 is 1.71 bits per heavy atom. The Kier molecular flexibility index (Phi) is 7.51. The summed E-state index contributed by atoms with van der Waals surface area (Å²) < 4.78 is 1.34. The Morgan fingerprint density at radius 1 is 1.05 bits per heavy atom. The lowest BCUT2D eigenvalue weighted by Crippen LogP contribution is -2.31. The minimum atomic E-state index is 0.755. The van der Waals surface area contributed by atoms with Gasteiger partial charge in [-0.2, -0.15) is 0 Å². The van der Waals surface area contributed by atoms with E-state index in [9.17, 15) is 0 Å². The van der Waals surface area contributed by atoms with Gasteiger partial charge in [0.1, 0.15) is 0 Å². The summed E-state index contributed by atoms with van der Waals surface area (Å²) in [4.78, 5) is 0. The van der Waals surface area contributed by atoms with Gasteiger partial charge >= 0.3 is 0 Å². The number of hydrogen-bond acceptors (Lipinski definition) is 1. The van der Waals surface area contributed by atoms with E-state index in [1.807, 2.05) is 0 Å². The van der Waals surface area contributed by atoms with Crippen molar-refractivity contribution in [3.05, 3.63) is 33.4 Å². The van der Waals surface area contributed by atoms with Gasteiger partial charge in [-0.3, -0.25) is 0 Å². The second-order valence-electron chi connectivity index (χ2n) is 7.04. The fraction of sp³-hybridized carbons (Fsp3) is 0.684. The van der Waals surface area contributed by atoms with E-state index in [0.717, 1.165) is 24.3 Å². The minimum absolute atomic E-state index is 0.755. The molecule has 1 aromatic carbocycles. The van der Waals surface area contributed by atoms with Crippen molar-refractivity contribution in [2.45, 2.75) is 52.4 Å². The van der Waals surface area contributed by atoms with E-state index in [0.29, 0.717) is 0 Å². The molecule has 1 fully saturated rings. The number of hydrogen-bond donors (Lipinski definition) is 1. The lowest BCUT2D eigenvalue weighted by molar-refractivity contribution is 0.294. The Morgan fingerprint density at radius 3 is 2.38 bits per heavy atom. The van der Waals surface area contributed by atoms with Gasteiger partial charge < -0.3 is 5.32 Å². The Labute approximate surface area is 144 Å². The Balaban J connectivity index is 1.93. The van der Waals surface area contributed by atoms with Crippen LogP contribution in [-0.2, 0) is 6.42 Å². The van der Waals surface area contributed by atoms with E-state index in [4.69, 9.17) is 0 Å². The summed E-state index contributed by atoms with van der Waals surface area (Å²) >= 11 is 2.39. The fourth-order valence-corrected chi connectivity index (χ4v) is 3.84. The highest BCUT2D eigenvalue weighted by molar-refractivity contribution is 14.1. The monoisotopic (exact) mass is 399 g/mol. The van der Waals surface area contributed by atoms with Crippen LogP contribution in [0.2, 0.25) is 0 Å². The molecule has 0 spiro atoms. The van der Waals surface area contributed by atoms with Gasteiger partial charge in [0.25, 0.3) is 0 Å². The van der Waals surface area contributed by atoms with Crippen LogP contribution >= 0.6 is 22.6 Å². The Hall–Kier alpha value is -0.0900. The summed E-state index contributed by atoms with van der Waals surface area (Å²) in [5.74, 6) is 2.49. The molecule has 0 bridgehead atoms. The quantitative estimate of drug-likeness (QED) is 0.507. The molecule has 118 valence electrons. The van der Waals surface area contributed by atoms with Crippen LogP contribution in [-0.4, -0.2) is 13.1 Å². The van der Waals surface area contributed by atoms with Crippen LogP contribution in [0.25, 0.3) is 0 Å². The summed E-state index contributed by atoms with van der Waals surface area (Å²) in [6.07, 6.45) is 8.39. The van der Waals surface area contributed by atoms with Crippen LogP contribution in [0.5, 0.6) is 0 Å². The van der Waals surface area contributed by atoms with Gasteiger partial charge in [-0.05, 0) is 90.4 Å². The van der Waals surface area contributed by atoms with Crippen LogP contribution in [0.1, 0.15) is 51.5 Å². The predicted octanol–water partition coefficient (Wildman–Crippen LogP) is 5.28. The summed E-state index contributed by atoms with van der Waals surface area (Å²) in [5.41, 5.74) is 1.52. The van der Waals surface area contributed by atoms with E-state index < -0.39 is 0 Å². The first kappa shape index (κ1) is 17.3. The molecule has 1 N–H and O–H groups in total. The maximum Gasteiger partial charge on any atom is 0.0130 e. The summed E-state index contributed by atoms with van der Waals surface area (Å²) in [5, 5.41) is 3.71. The molecule has 0 aromatic heterocycles. The number of halogens is 1. The standard InChI is InChI=1S/C19H30IN/c1-15(2)13-21-14-18-7-5-3-4-6-17(18)12-16-8-10-19(20)11-9-16/h8-11,15,17-18,21H,3-7,12-14H2,1-2H3. The first-order valence-electron chi connectivity index (χ1n) is 8.60. The highest BCUT2D eigenvalue weighted by Gasteiger charge is 2.23. The fourth-order valence-electron chi connectivity index (χ4n) is 3.48. The number of benzene rings is 1. The minimum Gasteiger partial charge on any atom is -0.316 e. The van der Waals surface area contributed by atoms with E-state index in [2.05, 4.69) is 66.0 Å². The van der Waals surface area contributed by atoms with Crippen LogP contribution in [0.3, 0.4) is 0 Å². The molecule has 0 heterocycles. The largest absolute Gasteiger partial charge is 0.316 e. The third kappa shape index (κ3) is 6.27. The van der Waals surface area contributed by atoms with Crippen molar-refractivity contribution < 1.29 is 0 Å². The van der Waals surface area contributed by atoms with Crippen molar-refractivity contribution in [1.82, 2.24) is 5.32 Å². The molecular weight excluding hydrogens is 369 g/mol. The average Bonchev–Trinajstić information content (AvgIpc) is 2.67. The molecule has 2 heteroatoms. The lowest BCUT2D eigenvalue weighted by atomic mass is 9.83. The molecule has 1 saturated carbocycles. The molecule has 1 aromatic rings. The van der Waals surface area contributed by atoms with Crippen molar-refractivity contribution in [2.75, 3.05) is 13.1 Å². The normalized spacial score (nSPS) is 23.2. The first-order valence-corrected chi connectivity index (χ1v) is 9.68. The first-order chi connectivity index (χ1) is 10.1. The maximum absolute atomic E-state index is 3.71. The summed E-state index contributed by atoms with van der Waals surface area (Å²) in [6, 6.07) is 9.15. The predicted molar refractivity (Wildman–Crippen MR) is 101 cm³/mol. The molecule has 2 rings (SSSR count). The van der Waals surface area contributed by atoms with Gasteiger partial charge in [0, 0.05) is 3.57 Å². The molecule has 21 heavy (non-hydrogen) atoms.